The van der Waals surface area contributed by atoms with Crippen LogP contribution in [0.4, 0.5) is 0 Å². The van der Waals surface area contributed by atoms with Crippen molar-refractivity contribution in [2.45, 2.75) is 19.4 Å². The van der Waals surface area contributed by atoms with Crippen LogP contribution in [0.1, 0.15) is 12.8 Å². The molecule has 0 unspecified atom stereocenters. The lowest BCUT2D eigenvalue weighted by atomic mass is 10.3. The van der Waals surface area contributed by atoms with Gasteiger partial charge in [0.2, 0.25) is 0 Å². The second-order valence-electron chi connectivity index (χ2n) is 4.33. The molecule has 0 fully saturated rings. The van der Waals surface area contributed by atoms with Crippen LogP contribution in [-0.4, -0.2) is 58.8 Å². The number of ether oxygens (including phenoxy) is 1. The van der Waals surface area contributed by atoms with Crippen molar-refractivity contribution in [3.05, 3.63) is 18.7 Å². The lowest BCUT2D eigenvalue weighted by molar-refractivity contribution is 0.147. The summed E-state index contributed by atoms with van der Waals surface area (Å²) in [5, 5.41) is 11.5. The van der Waals surface area contributed by atoms with Crippen LogP contribution in [0.25, 0.3) is 0 Å². The van der Waals surface area contributed by atoms with Gasteiger partial charge in [0.1, 0.15) is 5.84 Å². The predicted octanol–water partition coefficient (Wildman–Crippen LogP) is 0.358. The lowest BCUT2D eigenvalue weighted by Crippen LogP contribution is -2.32. The van der Waals surface area contributed by atoms with E-state index in [1.807, 2.05) is 12.5 Å². The molecule has 0 amide bonds. The van der Waals surface area contributed by atoms with E-state index < -0.39 is 0 Å². The Balaban J connectivity index is 2.27. The smallest absolute Gasteiger partial charge is 0.140 e. The third-order valence-corrected chi connectivity index (χ3v) is 2.87. The van der Waals surface area contributed by atoms with E-state index >= 15 is 0 Å². The highest BCUT2D eigenvalue weighted by atomic mass is 16.5. The molecule has 0 aliphatic rings. The molecule has 0 aromatic carbocycles. The minimum atomic E-state index is 0.261. The maximum Gasteiger partial charge on any atom is 0.140 e. The van der Waals surface area contributed by atoms with Crippen LogP contribution in [0.15, 0.2) is 23.9 Å². The zero-order chi connectivity index (χ0) is 13.9. The first-order valence-corrected chi connectivity index (χ1v) is 6.39. The molecule has 0 bridgehead atoms. The van der Waals surface area contributed by atoms with Crippen molar-refractivity contribution in [2.24, 2.45) is 10.9 Å². The number of nitrogens with two attached hydrogens (primary N) is 1. The Morgan fingerprint density at radius 3 is 2.95 bits per heavy atom. The van der Waals surface area contributed by atoms with E-state index in [-0.39, 0.29) is 5.84 Å². The van der Waals surface area contributed by atoms with Crippen LogP contribution in [-0.2, 0) is 11.3 Å². The molecule has 0 aliphatic carbocycles. The summed E-state index contributed by atoms with van der Waals surface area (Å²) in [6.07, 6.45) is 7.13. The molecule has 1 aromatic heterocycles. The third-order valence-electron chi connectivity index (χ3n) is 2.87. The van der Waals surface area contributed by atoms with Gasteiger partial charge in [-0.1, -0.05) is 5.16 Å². The fourth-order valence-electron chi connectivity index (χ4n) is 1.77. The molecule has 1 heterocycles. The highest BCUT2D eigenvalue weighted by Gasteiger charge is 2.06. The van der Waals surface area contributed by atoms with E-state index in [0.29, 0.717) is 13.0 Å². The molecule has 1 rings (SSSR count). The first-order valence-electron chi connectivity index (χ1n) is 6.39. The summed E-state index contributed by atoms with van der Waals surface area (Å²) in [7, 11) is 1.69. The van der Waals surface area contributed by atoms with E-state index in [2.05, 4.69) is 19.6 Å². The molecule has 0 saturated heterocycles. The summed E-state index contributed by atoms with van der Waals surface area (Å²) in [6, 6.07) is 0. The van der Waals surface area contributed by atoms with Crippen LogP contribution in [0.5, 0.6) is 0 Å². The largest absolute Gasteiger partial charge is 0.409 e. The van der Waals surface area contributed by atoms with Crippen LogP contribution in [0, 0.1) is 0 Å². The second kappa shape index (κ2) is 9.35. The molecule has 0 saturated carbocycles. The van der Waals surface area contributed by atoms with E-state index in [9.17, 15) is 0 Å². The first kappa shape index (κ1) is 15.5. The van der Waals surface area contributed by atoms with Gasteiger partial charge in [0, 0.05) is 45.6 Å². The Morgan fingerprint density at radius 2 is 2.32 bits per heavy atom. The van der Waals surface area contributed by atoms with Crippen molar-refractivity contribution >= 4 is 5.84 Å². The number of methoxy groups -OCH3 is 1. The van der Waals surface area contributed by atoms with Crippen LogP contribution < -0.4 is 5.73 Å². The Hall–Kier alpha value is -1.60. The number of aryl methyl sites for hydroxylation is 1. The Labute approximate surface area is 113 Å². The quantitative estimate of drug-likeness (QED) is 0.277. The SMILES string of the molecule is COCCN(CCCn1ccnc1)CC/C(N)=N/O. The Morgan fingerprint density at radius 1 is 1.47 bits per heavy atom. The fourth-order valence-corrected chi connectivity index (χ4v) is 1.77. The molecule has 7 heteroatoms. The standard InChI is InChI=1S/C12H23N5O2/c1-19-10-9-16(7-3-12(13)15-18)5-2-6-17-8-4-14-11-17/h4,8,11,18H,2-3,5-7,9-10H2,1H3,(H2,13,15). The third kappa shape index (κ3) is 6.78. The number of rotatable bonds is 10. The molecular weight excluding hydrogens is 246 g/mol. The Kier molecular flexibility index (Phi) is 7.60. The van der Waals surface area contributed by atoms with Crippen LogP contribution in [0.2, 0.25) is 0 Å². The average molecular weight is 269 g/mol. The van der Waals surface area contributed by atoms with Gasteiger partial charge in [0.15, 0.2) is 0 Å². The second-order valence-corrected chi connectivity index (χ2v) is 4.33. The van der Waals surface area contributed by atoms with Crippen LogP contribution >= 0.6 is 0 Å². The van der Waals surface area contributed by atoms with Gasteiger partial charge < -0.3 is 25.1 Å². The van der Waals surface area contributed by atoms with E-state index in [4.69, 9.17) is 15.7 Å². The molecule has 0 atom stereocenters. The van der Waals surface area contributed by atoms with E-state index in [0.717, 1.165) is 32.6 Å². The van der Waals surface area contributed by atoms with Gasteiger partial charge in [-0.05, 0) is 13.0 Å². The summed E-state index contributed by atoms with van der Waals surface area (Å²) < 4.78 is 7.14. The Bertz CT molecular complexity index is 353. The molecule has 0 aliphatic heterocycles. The van der Waals surface area contributed by atoms with Crippen molar-refractivity contribution in [3.63, 3.8) is 0 Å². The highest BCUT2D eigenvalue weighted by Crippen LogP contribution is 1.98. The molecule has 108 valence electrons. The molecule has 0 radical (unpaired) electrons. The van der Waals surface area contributed by atoms with Crippen LogP contribution in [0.3, 0.4) is 0 Å². The van der Waals surface area contributed by atoms with Gasteiger partial charge in [0.25, 0.3) is 0 Å². The molecule has 1 aromatic rings. The summed E-state index contributed by atoms with van der Waals surface area (Å²) in [6.45, 7) is 4.18. The minimum absolute atomic E-state index is 0.261. The van der Waals surface area contributed by atoms with Gasteiger partial charge in [-0.2, -0.15) is 0 Å². The van der Waals surface area contributed by atoms with Crippen molar-refractivity contribution in [2.75, 3.05) is 33.4 Å². The molecule has 0 spiro atoms. The van der Waals surface area contributed by atoms with E-state index in [1.165, 1.54) is 0 Å². The molecule has 3 N–H and O–H groups in total. The normalized spacial score (nSPS) is 12.2. The zero-order valence-electron chi connectivity index (χ0n) is 11.4. The van der Waals surface area contributed by atoms with Crippen molar-refractivity contribution < 1.29 is 9.94 Å². The zero-order valence-corrected chi connectivity index (χ0v) is 11.4. The lowest BCUT2D eigenvalue weighted by Gasteiger charge is -2.21. The van der Waals surface area contributed by atoms with Gasteiger partial charge in [-0.15, -0.1) is 0 Å². The summed E-state index contributed by atoms with van der Waals surface area (Å²) in [5.41, 5.74) is 5.49. The molecular formula is C12H23N5O2. The van der Waals surface area contributed by atoms with Gasteiger partial charge >= 0.3 is 0 Å². The number of imidazole rings is 1. The average Bonchev–Trinajstić information content (AvgIpc) is 2.94. The van der Waals surface area contributed by atoms with E-state index in [1.54, 1.807) is 13.3 Å². The van der Waals surface area contributed by atoms with Crippen molar-refractivity contribution in [1.29, 1.82) is 0 Å². The molecule has 19 heavy (non-hydrogen) atoms. The molecule has 7 nitrogen and oxygen atoms in total. The number of oxime groups is 1. The van der Waals surface area contributed by atoms with Gasteiger partial charge in [0.05, 0.1) is 12.9 Å². The highest BCUT2D eigenvalue weighted by molar-refractivity contribution is 5.79. The topological polar surface area (TPSA) is 88.9 Å². The number of hydrogen-bond acceptors (Lipinski definition) is 5. The number of amidine groups is 1. The maximum absolute atomic E-state index is 8.53. The number of aromatic nitrogens is 2. The van der Waals surface area contributed by atoms with Gasteiger partial charge in [-0.25, -0.2) is 4.98 Å². The maximum atomic E-state index is 8.53. The van der Waals surface area contributed by atoms with Gasteiger partial charge in [-0.3, -0.25) is 0 Å². The van der Waals surface area contributed by atoms with Crippen molar-refractivity contribution in [3.8, 4) is 0 Å². The fraction of sp³-hybridized carbons (Fsp3) is 0.667. The predicted molar refractivity (Wildman–Crippen MR) is 73.2 cm³/mol. The van der Waals surface area contributed by atoms with Crippen molar-refractivity contribution in [1.82, 2.24) is 14.5 Å². The summed E-state index contributed by atoms with van der Waals surface area (Å²) in [5.74, 6) is 0.261. The number of hydrogen-bond donors (Lipinski definition) is 2. The number of nitrogens with zero attached hydrogens (tertiary/aromatic N) is 4. The summed E-state index contributed by atoms with van der Waals surface area (Å²) >= 11 is 0. The monoisotopic (exact) mass is 269 g/mol. The first-order chi connectivity index (χ1) is 9.26. The minimum Gasteiger partial charge on any atom is -0.409 e. The summed E-state index contributed by atoms with van der Waals surface area (Å²) in [4.78, 5) is 6.26.